The Morgan fingerprint density at radius 2 is 0.534 bits per heavy atom. The normalized spacial score (nSPS) is 10.9. The maximum Gasteiger partial charge on any atom is 0.0462 e. The number of benzene rings is 8. The molecule has 8 aromatic carbocycles. The monoisotopic (exact) mass is 820 g/mol. The van der Waals surface area contributed by atoms with Crippen LogP contribution in [0.15, 0.2) is 194 Å². The Kier molecular flexibility index (Phi) is 14.3. The van der Waals surface area contributed by atoms with Gasteiger partial charge in [0.15, 0.2) is 0 Å². The SMILES string of the molecule is Cc1ccc(N(c2cc[c-]cc2)c2ccc(/C=C/c3ccc(-c4ccc(N(c5ccc(C)cc5)c5ccc(/C=C/c6cc[c-]cc6)cc5)cc4)cc3)cc2)cc1.[V].[V]. The Hall–Kier alpha value is -5.99. The Balaban J connectivity index is 0.00000283. The van der Waals surface area contributed by atoms with Crippen LogP contribution in [0.1, 0.15) is 33.4 Å². The fraction of sp³-hybridized carbons (Fsp3) is 0.0370. The molecule has 280 valence electrons. The molecular weight excluding hydrogens is 778 g/mol. The van der Waals surface area contributed by atoms with Gasteiger partial charge in [0.1, 0.15) is 0 Å². The molecule has 8 aromatic rings. The third-order valence-corrected chi connectivity index (χ3v) is 9.90. The van der Waals surface area contributed by atoms with E-state index in [2.05, 4.69) is 230 Å². The van der Waals surface area contributed by atoms with E-state index < -0.39 is 0 Å². The van der Waals surface area contributed by atoms with Gasteiger partial charge in [-0.25, -0.2) is 0 Å². The summed E-state index contributed by atoms with van der Waals surface area (Å²) in [5, 5.41) is 0. The van der Waals surface area contributed by atoms with Gasteiger partial charge in [-0.3, -0.25) is 0 Å². The quantitative estimate of drug-likeness (QED) is 0.0947. The zero-order valence-electron chi connectivity index (χ0n) is 32.6. The molecule has 0 amide bonds. The van der Waals surface area contributed by atoms with Gasteiger partial charge in [-0.05, 0) is 102 Å². The van der Waals surface area contributed by atoms with Crippen molar-refractivity contribution in [3.63, 3.8) is 0 Å². The molecular formula is C54H42N2V2-2. The molecule has 0 heterocycles. The van der Waals surface area contributed by atoms with E-state index >= 15 is 0 Å². The first-order valence-electron chi connectivity index (χ1n) is 19.0. The van der Waals surface area contributed by atoms with Gasteiger partial charge in [-0.15, -0.1) is 17.7 Å². The summed E-state index contributed by atoms with van der Waals surface area (Å²) in [6.45, 7) is 4.24. The van der Waals surface area contributed by atoms with Gasteiger partial charge in [-0.1, -0.05) is 126 Å². The predicted octanol–water partition coefficient (Wildman–Crippen LogP) is 14.8. The van der Waals surface area contributed by atoms with Gasteiger partial charge in [0.25, 0.3) is 0 Å². The van der Waals surface area contributed by atoms with Crippen LogP contribution in [0.2, 0.25) is 0 Å². The van der Waals surface area contributed by atoms with Crippen molar-refractivity contribution in [2.45, 2.75) is 13.8 Å². The van der Waals surface area contributed by atoms with E-state index in [0.717, 1.165) is 56.4 Å². The van der Waals surface area contributed by atoms with Crippen molar-refractivity contribution in [3.05, 3.63) is 240 Å². The number of nitrogens with zero attached hydrogens (tertiary/aromatic N) is 2. The second kappa shape index (κ2) is 19.9. The molecule has 0 aliphatic rings. The average Bonchev–Trinajstić information content (AvgIpc) is 3.26. The average molecular weight is 821 g/mol. The molecule has 58 heavy (non-hydrogen) atoms. The molecule has 4 heteroatoms. The van der Waals surface area contributed by atoms with Crippen molar-refractivity contribution in [2.75, 3.05) is 9.80 Å². The number of rotatable bonds is 11. The first kappa shape index (κ1) is 41.6. The van der Waals surface area contributed by atoms with E-state index in [9.17, 15) is 0 Å². The fourth-order valence-corrected chi connectivity index (χ4v) is 6.76. The molecule has 0 spiro atoms. The molecule has 2 radical (unpaired) electrons. The van der Waals surface area contributed by atoms with Gasteiger partial charge in [0.2, 0.25) is 0 Å². The minimum absolute atomic E-state index is 0. The summed E-state index contributed by atoms with van der Waals surface area (Å²) in [4.78, 5) is 4.58. The topological polar surface area (TPSA) is 6.48 Å². The van der Waals surface area contributed by atoms with E-state index in [1.54, 1.807) is 0 Å². The van der Waals surface area contributed by atoms with Crippen molar-refractivity contribution in [2.24, 2.45) is 0 Å². The third-order valence-electron chi connectivity index (χ3n) is 9.90. The van der Waals surface area contributed by atoms with E-state index in [4.69, 9.17) is 0 Å². The molecule has 0 saturated carbocycles. The molecule has 2 nitrogen and oxygen atoms in total. The summed E-state index contributed by atoms with van der Waals surface area (Å²) in [6, 6.07) is 74.8. The molecule has 0 aliphatic carbocycles. The van der Waals surface area contributed by atoms with Gasteiger partial charge >= 0.3 is 0 Å². The third kappa shape index (κ3) is 10.3. The number of hydrogen-bond acceptors (Lipinski definition) is 2. The minimum Gasteiger partial charge on any atom is -0.334 e. The molecule has 0 atom stereocenters. The summed E-state index contributed by atoms with van der Waals surface area (Å²) in [6.07, 6.45) is 8.63. The van der Waals surface area contributed by atoms with Crippen LogP contribution in [0.3, 0.4) is 0 Å². The first-order chi connectivity index (χ1) is 27.6. The molecule has 0 N–H and O–H groups in total. The maximum atomic E-state index is 3.14. The Labute approximate surface area is 367 Å². The zero-order chi connectivity index (χ0) is 38.1. The largest absolute Gasteiger partial charge is 0.334 e. The smallest absolute Gasteiger partial charge is 0.0462 e. The Morgan fingerprint density at radius 1 is 0.293 bits per heavy atom. The van der Waals surface area contributed by atoms with Crippen LogP contribution in [0.5, 0.6) is 0 Å². The second-order valence-corrected chi connectivity index (χ2v) is 14.0. The molecule has 0 unspecified atom stereocenters. The Morgan fingerprint density at radius 3 is 0.897 bits per heavy atom. The van der Waals surface area contributed by atoms with Gasteiger partial charge < -0.3 is 9.80 Å². The van der Waals surface area contributed by atoms with Crippen molar-refractivity contribution in [3.8, 4) is 11.1 Å². The number of anilines is 6. The van der Waals surface area contributed by atoms with Crippen molar-refractivity contribution >= 4 is 58.4 Å². The predicted molar refractivity (Wildman–Crippen MR) is 239 cm³/mol. The van der Waals surface area contributed by atoms with Gasteiger partial charge in [0.05, 0.1) is 0 Å². The molecule has 0 bridgehead atoms. The minimum atomic E-state index is 0. The summed E-state index contributed by atoms with van der Waals surface area (Å²) in [5.74, 6) is 0. The van der Waals surface area contributed by atoms with Gasteiger partial charge in [0, 0.05) is 65.5 Å². The molecule has 0 aliphatic heterocycles. The van der Waals surface area contributed by atoms with Crippen LogP contribution in [0, 0.1) is 26.0 Å². The number of hydrogen-bond donors (Lipinski definition) is 0. The Bertz CT molecular complexity index is 2530. The van der Waals surface area contributed by atoms with Crippen LogP contribution < -0.4 is 9.80 Å². The molecule has 0 aromatic heterocycles. The zero-order valence-corrected chi connectivity index (χ0v) is 35.4. The van der Waals surface area contributed by atoms with E-state index in [0.29, 0.717) is 0 Å². The first-order valence-corrected chi connectivity index (χ1v) is 19.0. The number of aryl methyl sites for hydroxylation is 2. The van der Waals surface area contributed by atoms with Crippen molar-refractivity contribution in [1.82, 2.24) is 0 Å². The van der Waals surface area contributed by atoms with Crippen LogP contribution in [0.25, 0.3) is 35.4 Å². The van der Waals surface area contributed by atoms with E-state index in [1.807, 2.05) is 24.3 Å². The van der Waals surface area contributed by atoms with Crippen molar-refractivity contribution in [1.29, 1.82) is 0 Å². The van der Waals surface area contributed by atoms with E-state index in [-0.39, 0.29) is 37.1 Å². The van der Waals surface area contributed by atoms with Crippen LogP contribution >= 0.6 is 0 Å². The summed E-state index contributed by atoms with van der Waals surface area (Å²) in [7, 11) is 0. The summed E-state index contributed by atoms with van der Waals surface area (Å²) >= 11 is 0. The van der Waals surface area contributed by atoms with E-state index in [1.165, 1.54) is 22.3 Å². The van der Waals surface area contributed by atoms with Crippen LogP contribution in [0.4, 0.5) is 34.1 Å². The summed E-state index contributed by atoms with van der Waals surface area (Å²) < 4.78 is 0. The maximum absolute atomic E-state index is 3.14. The molecule has 0 saturated heterocycles. The second-order valence-electron chi connectivity index (χ2n) is 14.0. The molecule has 8 rings (SSSR count). The molecule has 0 fully saturated rings. The van der Waals surface area contributed by atoms with Crippen molar-refractivity contribution < 1.29 is 37.1 Å². The standard InChI is InChI=1S/C54H42N2.2V/c1-41-13-31-50(32-14-41)55(49-11-7-4-8-12-49)52-35-23-46(24-36-52)20-19-44-21-27-47(28-22-44)48-29-39-54(40-30-48)56(51-33-15-42(2)16-34-51)53-37-25-45(26-38-53)18-17-43-9-5-3-6-10-43;;/h5-40H,1-2H3;;/q-2;;/b18-17+,20-19+;;. The fourth-order valence-electron chi connectivity index (χ4n) is 6.76. The van der Waals surface area contributed by atoms with Crippen LogP contribution in [-0.4, -0.2) is 0 Å². The van der Waals surface area contributed by atoms with Crippen LogP contribution in [-0.2, 0) is 37.1 Å². The van der Waals surface area contributed by atoms with Gasteiger partial charge in [-0.2, -0.15) is 48.5 Å². The summed E-state index contributed by atoms with van der Waals surface area (Å²) in [5.41, 5.74) is 16.1.